The number of hydrogen-bond donors (Lipinski definition) is 0. The molecule has 22 heavy (non-hydrogen) atoms. The third kappa shape index (κ3) is 2.21. The molecule has 0 aliphatic heterocycles. The van der Waals surface area contributed by atoms with Gasteiger partial charge in [0.05, 0.1) is 0 Å². The van der Waals surface area contributed by atoms with Crippen LogP contribution in [-0.4, -0.2) is 9.97 Å². The molecular formula is C19H13FN2. The summed E-state index contributed by atoms with van der Waals surface area (Å²) in [5, 5.41) is 0. The third-order valence-electron chi connectivity index (χ3n) is 3.95. The van der Waals surface area contributed by atoms with Crippen LogP contribution < -0.4 is 0 Å². The maximum atomic E-state index is 13.0. The van der Waals surface area contributed by atoms with Crippen LogP contribution in [-0.2, 0) is 6.42 Å². The van der Waals surface area contributed by atoms with Gasteiger partial charge in [-0.1, -0.05) is 30.4 Å². The van der Waals surface area contributed by atoms with E-state index < -0.39 is 5.95 Å². The predicted octanol–water partition coefficient (Wildman–Crippen LogP) is 4.52. The van der Waals surface area contributed by atoms with Crippen LogP contribution in [0.5, 0.6) is 0 Å². The topological polar surface area (TPSA) is 25.8 Å². The zero-order valence-corrected chi connectivity index (χ0v) is 11.8. The molecule has 2 aromatic heterocycles. The average molecular weight is 288 g/mol. The second-order valence-corrected chi connectivity index (χ2v) is 5.31. The largest absolute Gasteiger partial charge is 0.264 e. The van der Waals surface area contributed by atoms with E-state index in [1.807, 2.05) is 18.5 Å². The number of nitrogens with zero attached hydrogens (tertiary/aromatic N) is 2. The first-order chi connectivity index (χ1) is 10.8. The molecule has 1 aromatic carbocycles. The van der Waals surface area contributed by atoms with Crippen LogP contribution in [0.2, 0.25) is 0 Å². The summed E-state index contributed by atoms with van der Waals surface area (Å²) in [6, 6.07) is 11.5. The highest BCUT2D eigenvalue weighted by Gasteiger charge is 2.12. The molecule has 1 aliphatic carbocycles. The predicted molar refractivity (Wildman–Crippen MR) is 85.6 cm³/mol. The number of hydrogen-bond acceptors (Lipinski definition) is 2. The van der Waals surface area contributed by atoms with Gasteiger partial charge in [-0.05, 0) is 46.9 Å². The first-order valence-corrected chi connectivity index (χ1v) is 7.17. The van der Waals surface area contributed by atoms with Crippen LogP contribution in [0.4, 0.5) is 4.39 Å². The van der Waals surface area contributed by atoms with Gasteiger partial charge >= 0.3 is 0 Å². The van der Waals surface area contributed by atoms with Crippen LogP contribution in [0.15, 0.2) is 61.1 Å². The monoisotopic (exact) mass is 288 g/mol. The van der Waals surface area contributed by atoms with Gasteiger partial charge in [-0.25, -0.2) is 4.98 Å². The lowest BCUT2D eigenvalue weighted by Crippen LogP contribution is -1.91. The van der Waals surface area contributed by atoms with E-state index in [1.54, 1.807) is 12.3 Å². The van der Waals surface area contributed by atoms with E-state index in [2.05, 4.69) is 40.3 Å². The van der Waals surface area contributed by atoms with Crippen molar-refractivity contribution in [1.82, 2.24) is 9.97 Å². The van der Waals surface area contributed by atoms with Crippen molar-refractivity contribution in [2.75, 3.05) is 0 Å². The molecule has 0 amide bonds. The number of allylic oxidation sites excluding steroid dienone is 1. The summed E-state index contributed by atoms with van der Waals surface area (Å²) in [6.07, 6.45) is 10.5. The Morgan fingerprint density at radius 2 is 1.82 bits per heavy atom. The fourth-order valence-electron chi connectivity index (χ4n) is 2.84. The molecule has 0 fully saturated rings. The summed E-state index contributed by atoms with van der Waals surface area (Å²) in [5.74, 6) is -0.457. The van der Waals surface area contributed by atoms with Crippen molar-refractivity contribution in [1.29, 1.82) is 0 Å². The molecule has 4 rings (SSSR count). The number of fused-ring (bicyclic) bond motifs is 3. The average Bonchev–Trinajstić information content (AvgIpc) is 2.74. The molecule has 0 saturated heterocycles. The summed E-state index contributed by atoms with van der Waals surface area (Å²) >= 11 is 0. The molecule has 2 nitrogen and oxygen atoms in total. The Balaban J connectivity index is 1.85. The summed E-state index contributed by atoms with van der Waals surface area (Å²) in [7, 11) is 0. The van der Waals surface area contributed by atoms with E-state index in [4.69, 9.17) is 0 Å². The second-order valence-electron chi connectivity index (χ2n) is 5.31. The number of pyridine rings is 2. The van der Waals surface area contributed by atoms with Gasteiger partial charge in [0.2, 0.25) is 5.95 Å². The molecule has 0 saturated carbocycles. The third-order valence-corrected chi connectivity index (χ3v) is 3.95. The number of aromatic nitrogens is 2. The Labute approximate surface area is 128 Å². The van der Waals surface area contributed by atoms with Gasteiger partial charge < -0.3 is 0 Å². The SMILES string of the molecule is Fc1ccc(-c2ccc3c(c2)CC=Cc2ccncc2-3)cn1. The van der Waals surface area contributed by atoms with Gasteiger partial charge in [0.15, 0.2) is 0 Å². The summed E-state index contributed by atoms with van der Waals surface area (Å²) < 4.78 is 13.0. The Kier molecular flexibility index (Phi) is 3.04. The minimum absolute atomic E-state index is 0.457. The van der Waals surface area contributed by atoms with Gasteiger partial charge in [0.25, 0.3) is 0 Å². The van der Waals surface area contributed by atoms with Crippen molar-refractivity contribution >= 4 is 6.08 Å². The number of halogens is 1. The molecule has 106 valence electrons. The van der Waals surface area contributed by atoms with Crippen molar-refractivity contribution in [2.45, 2.75) is 6.42 Å². The Morgan fingerprint density at radius 1 is 0.909 bits per heavy atom. The molecule has 2 heterocycles. The van der Waals surface area contributed by atoms with Gasteiger partial charge in [0, 0.05) is 29.7 Å². The minimum Gasteiger partial charge on any atom is -0.264 e. The zero-order chi connectivity index (χ0) is 14.9. The lowest BCUT2D eigenvalue weighted by atomic mass is 9.94. The summed E-state index contributed by atoms with van der Waals surface area (Å²) in [4.78, 5) is 7.97. The molecule has 3 heteroatoms. The lowest BCUT2D eigenvalue weighted by molar-refractivity contribution is 0.584. The molecule has 0 N–H and O–H groups in total. The smallest absolute Gasteiger partial charge is 0.212 e. The van der Waals surface area contributed by atoms with Crippen LogP contribution in [0.1, 0.15) is 11.1 Å². The van der Waals surface area contributed by atoms with Gasteiger partial charge in [-0.3, -0.25) is 4.98 Å². The summed E-state index contributed by atoms with van der Waals surface area (Å²) in [5.41, 5.74) is 6.74. The van der Waals surface area contributed by atoms with Crippen LogP contribution in [0, 0.1) is 5.95 Å². The molecule has 0 radical (unpaired) electrons. The van der Waals surface area contributed by atoms with Crippen molar-refractivity contribution in [3.63, 3.8) is 0 Å². The highest BCUT2D eigenvalue weighted by molar-refractivity contribution is 5.81. The second kappa shape index (κ2) is 5.19. The van der Waals surface area contributed by atoms with Crippen LogP contribution >= 0.6 is 0 Å². The van der Waals surface area contributed by atoms with E-state index in [0.717, 1.165) is 23.1 Å². The quantitative estimate of drug-likeness (QED) is 0.615. The van der Waals surface area contributed by atoms with E-state index in [1.165, 1.54) is 22.8 Å². The summed E-state index contributed by atoms with van der Waals surface area (Å²) in [6.45, 7) is 0. The standard InChI is InChI=1S/C19H13FN2/c20-19-7-5-16(11-22-19)14-4-6-17-15(10-14)3-1-2-13-8-9-21-12-18(13)17/h1-2,4-12H,3H2. The first kappa shape index (κ1) is 12.9. The maximum Gasteiger partial charge on any atom is 0.212 e. The Hall–Kier alpha value is -2.81. The van der Waals surface area contributed by atoms with Crippen molar-refractivity contribution in [3.8, 4) is 22.3 Å². The molecule has 0 bridgehead atoms. The minimum atomic E-state index is -0.457. The molecule has 1 aliphatic rings. The fraction of sp³-hybridized carbons (Fsp3) is 0.0526. The zero-order valence-electron chi connectivity index (χ0n) is 11.8. The van der Waals surface area contributed by atoms with E-state index in [0.29, 0.717) is 0 Å². The van der Waals surface area contributed by atoms with Crippen LogP contribution in [0.25, 0.3) is 28.3 Å². The Morgan fingerprint density at radius 3 is 2.68 bits per heavy atom. The van der Waals surface area contributed by atoms with E-state index in [-0.39, 0.29) is 0 Å². The number of rotatable bonds is 1. The highest BCUT2D eigenvalue weighted by Crippen LogP contribution is 2.33. The van der Waals surface area contributed by atoms with Crippen molar-refractivity contribution < 1.29 is 4.39 Å². The first-order valence-electron chi connectivity index (χ1n) is 7.17. The molecular weight excluding hydrogens is 275 g/mol. The van der Waals surface area contributed by atoms with Gasteiger partial charge in [-0.15, -0.1) is 0 Å². The van der Waals surface area contributed by atoms with Gasteiger partial charge in [0.1, 0.15) is 0 Å². The number of benzene rings is 1. The van der Waals surface area contributed by atoms with E-state index in [9.17, 15) is 4.39 Å². The highest BCUT2D eigenvalue weighted by atomic mass is 19.1. The fourth-order valence-corrected chi connectivity index (χ4v) is 2.84. The maximum absolute atomic E-state index is 13.0. The van der Waals surface area contributed by atoms with Crippen LogP contribution in [0.3, 0.4) is 0 Å². The van der Waals surface area contributed by atoms with Crippen molar-refractivity contribution in [3.05, 3.63) is 78.1 Å². The Bertz CT molecular complexity index is 867. The lowest BCUT2D eigenvalue weighted by Gasteiger charge is -2.11. The normalized spacial score (nSPS) is 12.4. The molecule has 0 atom stereocenters. The van der Waals surface area contributed by atoms with E-state index >= 15 is 0 Å². The molecule has 0 spiro atoms. The molecule has 3 aromatic rings. The molecule has 0 unspecified atom stereocenters. The van der Waals surface area contributed by atoms with Gasteiger partial charge in [-0.2, -0.15) is 4.39 Å². The van der Waals surface area contributed by atoms with Crippen molar-refractivity contribution in [2.24, 2.45) is 0 Å².